The van der Waals surface area contributed by atoms with Crippen molar-refractivity contribution < 1.29 is 4.79 Å². The van der Waals surface area contributed by atoms with Crippen molar-refractivity contribution in [1.29, 1.82) is 0 Å². The first-order chi connectivity index (χ1) is 7.22. The minimum absolute atomic E-state index is 0.0297. The van der Waals surface area contributed by atoms with Gasteiger partial charge in [0.05, 0.1) is 4.47 Å². The number of carbonyl (C=O) groups excluding carboxylic acids is 1. The molecule has 0 saturated carbocycles. The van der Waals surface area contributed by atoms with Gasteiger partial charge in [-0.25, -0.2) is 9.97 Å². The van der Waals surface area contributed by atoms with Crippen LogP contribution in [0, 0.1) is 0 Å². The quantitative estimate of drug-likeness (QED) is 0.845. The molecular weight excluding hydrogens is 260 g/mol. The molecule has 0 spiro atoms. The maximum atomic E-state index is 11.1. The van der Waals surface area contributed by atoms with Crippen LogP contribution in [-0.2, 0) is 4.79 Å². The number of rotatable bonds is 5. The molecular formula is C9H13BrN4O. The van der Waals surface area contributed by atoms with Crippen molar-refractivity contribution in [2.75, 3.05) is 18.4 Å². The highest BCUT2D eigenvalue weighted by Crippen LogP contribution is 2.06. The highest BCUT2D eigenvalue weighted by atomic mass is 79.9. The molecule has 0 aliphatic carbocycles. The molecule has 1 heterocycles. The van der Waals surface area contributed by atoms with E-state index in [-0.39, 0.29) is 5.91 Å². The Hall–Kier alpha value is -1.17. The summed E-state index contributed by atoms with van der Waals surface area (Å²) in [6.45, 7) is 3.09. The third-order valence-corrected chi connectivity index (χ3v) is 2.04. The lowest BCUT2D eigenvalue weighted by Crippen LogP contribution is -2.24. The predicted octanol–water partition coefficient (Wildman–Crippen LogP) is 1.18. The number of aromatic nitrogens is 2. The molecule has 15 heavy (non-hydrogen) atoms. The van der Waals surface area contributed by atoms with E-state index in [0.29, 0.717) is 25.5 Å². The number of halogens is 1. The molecule has 1 aromatic rings. The third-order valence-electron chi connectivity index (χ3n) is 1.63. The van der Waals surface area contributed by atoms with Gasteiger partial charge >= 0.3 is 0 Å². The molecule has 2 N–H and O–H groups in total. The Labute approximate surface area is 96.8 Å². The van der Waals surface area contributed by atoms with Gasteiger partial charge in [0.2, 0.25) is 11.9 Å². The molecule has 0 fully saturated rings. The number of nitrogens with zero attached hydrogens (tertiary/aromatic N) is 2. The van der Waals surface area contributed by atoms with Crippen LogP contribution in [0.4, 0.5) is 5.95 Å². The lowest BCUT2D eigenvalue weighted by Gasteiger charge is -2.04. The van der Waals surface area contributed by atoms with E-state index in [9.17, 15) is 4.79 Å². The van der Waals surface area contributed by atoms with E-state index < -0.39 is 0 Å². The first-order valence-electron chi connectivity index (χ1n) is 4.70. The summed E-state index contributed by atoms with van der Waals surface area (Å²) in [6.07, 6.45) is 3.73. The minimum Gasteiger partial charge on any atom is -0.356 e. The van der Waals surface area contributed by atoms with Crippen LogP contribution in [0.3, 0.4) is 0 Å². The average Bonchev–Trinajstić information content (AvgIpc) is 2.21. The maximum absolute atomic E-state index is 11.1. The summed E-state index contributed by atoms with van der Waals surface area (Å²) in [5, 5.41) is 5.67. The largest absolute Gasteiger partial charge is 0.356 e. The van der Waals surface area contributed by atoms with E-state index in [4.69, 9.17) is 0 Å². The van der Waals surface area contributed by atoms with Crippen molar-refractivity contribution in [3.63, 3.8) is 0 Å². The van der Waals surface area contributed by atoms with Gasteiger partial charge in [-0.05, 0) is 22.9 Å². The fourth-order valence-electron chi connectivity index (χ4n) is 0.977. The number of amides is 1. The van der Waals surface area contributed by atoms with Gasteiger partial charge in [0.25, 0.3) is 0 Å². The van der Waals surface area contributed by atoms with Gasteiger partial charge in [-0.3, -0.25) is 4.79 Å². The number of carbonyl (C=O) groups is 1. The van der Waals surface area contributed by atoms with Crippen LogP contribution in [0.2, 0.25) is 0 Å². The summed E-state index contributed by atoms with van der Waals surface area (Å²) >= 11 is 3.24. The Morgan fingerprint density at radius 1 is 1.47 bits per heavy atom. The number of hydrogen-bond donors (Lipinski definition) is 2. The molecule has 0 aromatic carbocycles. The Morgan fingerprint density at radius 3 is 2.73 bits per heavy atom. The van der Waals surface area contributed by atoms with Gasteiger partial charge in [0.15, 0.2) is 0 Å². The molecule has 0 saturated heterocycles. The fourth-order valence-corrected chi connectivity index (χ4v) is 1.18. The van der Waals surface area contributed by atoms with Crippen LogP contribution in [-0.4, -0.2) is 29.0 Å². The van der Waals surface area contributed by atoms with Crippen molar-refractivity contribution in [3.05, 3.63) is 16.9 Å². The maximum Gasteiger partial charge on any atom is 0.222 e. The van der Waals surface area contributed by atoms with Gasteiger partial charge in [0, 0.05) is 31.9 Å². The second-order valence-corrected chi connectivity index (χ2v) is 3.77. The van der Waals surface area contributed by atoms with E-state index >= 15 is 0 Å². The smallest absolute Gasteiger partial charge is 0.222 e. The zero-order valence-electron chi connectivity index (χ0n) is 8.46. The van der Waals surface area contributed by atoms with Crippen LogP contribution in [0.1, 0.15) is 13.3 Å². The van der Waals surface area contributed by atoms with E-state index in [2.05, 4.69) is 36.5 Å². The molecule has 0 bridgehead atoms. The fraction of sp³-hybridized carbons (Fsp3) is 0.444. The lowest BCUT2D eigenvalue weighted by molar-refractivity contribution is -0.120. The second kappa shape index (κ2) is 6.34. The van der Waals surface area contributed by atoms with E-state index in [1.54, 1.807) is 12.4 Å². The van der Waals surface area contributed by atoms with Gasteiger partial charge < -0.3 is 10.6 Å². The van der Waals surface area contributed by atoms with E-state index in [0.717, 1.165) is 4.47 Å². The zero-order valence-corrected chi connectivity index (χ0v) is 10.0. The molecule has 1 rings (SSSR count). The van der Waals surface area contributed by atoms with Gasteiger partial charge in [0.1, 0.15) is 0 Å². The summed E-state index contributed by atoms with van der Waals surface area (Å²) in [7, 11) is 0. The van der Waals surface area contributed by atoms with Crippen molar-refractivity contribution in [3.8, 4) is 0 Å². The first kappa shape index (κ1) is 11.9. The standard InChI is InChI=1S/C9H13BrN4O/c1-2-11-8(15)3-4-12-9-13-5-7(10)6-14-9/h5-6H,2-4H2,1H3,(H,11,15)(H,12,13,14). The molecule has 5 nitrogen and oxygen atoms in total. The van der Waals surface area contributed by atoms with Crippen molar-refractivity contribution in [1.82, 2.24) is 15.3 Å². The summed E-state index contributed by atoms with van der Waals surface area (Å²) in [5.41, 5.74) is 0. The van der Waals surface area contributed by atoms with Crippen LogP contribution in [0.15, 0.2) is 16.9 Å². The molecule has 0 unspecified atom stereocenters. The SMILES string of the molecule is CCNC(=O)CCNc1ncc(Br)cn1. The lowest BCUT2D eigenvalue weighted by atomic mass is 10.4. The highest BCUT2D eigenvalue weighted by Gasteiger charge is 1.99. The topological polar surface area (TPSA) is 66.9 Å². The van der Waals surface area contributed by atoms with Gasteiger partial charge in [-0.15, -0.1) is 0 Å². The van der Waals surface area contributed by atoms with Crippen LogP contribution in [0.5, 0.6) is 0 Å². The van der Waals surface area contributed by atoms with Crippen molar-refractivity contribution >= 4 is 27.8 Å². The monoisotopic (exact) mass is 272 g/mol. The molecule has 0 atom stereocenters. The van der Waals surface area contributed by atoms with Crippen molar-refractivity contribution in [2.45, 2.75) is 13.3 Å². The second-order valence-electron chi connectivity index (χ2n) is 2.86. The normalized spacial score (nSPS) is 9.73. The number of nitrogens with one attached hydrogen (secondary N) is 2. The van der Waals surface area contributed by atoms with Gasteiger partial charge in [-0.1, -0.05) is 0 Å². The molecule has 1 aromatic heterocycles. The van der Waals surface area contributed by atoms with Crippen molar-refractivity contribution in [2.24, 2.45) is 0 Å². The number of anilines is 1. The molecule has 0 aliphatic rings. The summed E-state index contributed by atoms with van der Waals surface area (Å²) in [5.74, 6) is 0.560. The molecule has 0 aliphatic heterocycles. The molecule has 82 valence electrons. The van der Waals surface area contributed by atoms with E-state index in [1.807, 2.05) is 6.92 Å². The third kappa shape index (κ3) is 4.73. The van der Waals surface area contributed by atoms with Crippen LogP contribution in [0.25, 0.3) is 0 Å². The zero-order chi connectivity index (χ0) is 11.1. The number of hydrogen-bond acceptors (Lipinski definition) is 4. The molecule has 1 amide bonds. The Bertz CT molecular complexity index is 314. The minimum atomic E-state index is 0.0297. The first-order valence-corrected chi connectivity index (χ1v) is 5.49. The predicted molar refractivity (Wildman–Crippen MR) is 61.5 cm³/mol. The average molecular weight is 273 g/mol. The summed E-state index contributed by atoms with van der Waals surface area (Å²) in [4.78, 5) is 19.1. The molecule has 0 radical (unpaired) electrons. The molecule has 6 heteroatoms. The Morgan fingerprint density at radius 2 is 2.13 bits per heavy atom. The summed E-state index contributed by atoms with van der Waals surface area (Å²) in [6, 6.07) is 0. The van der Waals surface area contributed by atoms with Crippen LogP contribution < -0.4 is 10.6 Å². The van der Waals surface area contributed by atoms with Crippen LogP contribution >= 0.6 is 15.9 Å². The van der Waals surface area contributed by atoms with E-state index in [1.165, 1.54) is 0 Å². The summed E-state index contributed by atoms with van der Waals surface area (Å²) < 4.78 is 0.830. The highest BCUT2D eigenvalue weighted by molar-refractivity contribution is 9.10. The Kier molecular flexibility index (Phi) is 5.03. The Balaban J connectivity index is 2.26. The van der Waals surface area contributed by atoms with Gasteiger partial charge in [-0.2, -0.15) is 0 Å².